The summed E-state index contributed by atoms with van der Waals surface area (Å²) in [5.41, 5.74) is 0.375. The van der Waals surface area contributed by atoms with Crippen LogP contribution in [0.15, 0.2) is 6.20 Å². The molecule has 2 rings (SSSR count). The molecule has 1 amide bonds. The van der Waals surface area contributed by atoms with Crippen LogP contribution in [0.25, 0.3) is 0 Å². The number of amides is 1. The van der Waals surface area contributed by atoms with Crippen LogP contribution in [0.5, 0.6) is 0 Å². The van der Waals surface area contributed by atoms with Crippen LogP contribution in [0.2, 0.25) is 0 Å². The summed E-state index contributed by atoms with van der Waals surface area (Å²) < 4.78 is 7.20. The summed E-state index contributed by atoms with van der Waals surface area (Å²) >= 11 is 0. The van der Waals surface area contributed by atoms with Gasteiger partial charge >= 0.3 is 0 Å². The number of hydrogen-bond donors (Lipinski definition) is 2. The highest BCUT2D eigenvalue weighted by Crippen LogP contribution is 2.09. The van der Waals surface area contributed by atoms with Gasteiger partial charge in [0.15, 0.2) is 5.69 Å². The summed E-state index contributed by atoms with van der Waals surface area (Å²) in [7, 11) is 0. The van der Waals surface area contributed by atoms with Crippen LogP contribution in [0, 0.1) is 5.92 Å². The highest BCUT2D eigenvalue weighted by atomic mass is 16.5. The number of nitrogens with zero attached hydrogens (tertiary/aromatic N) is 3. The Morgan fingerprint density at radius 1 is 1.60 bits per heavy atom. The molecule has 2 heterocycles. The van der Waals surface area contributed by atoms with Crippen LogP contribution >= 0.6 is 0 Å². The Morgan fingerprint density at radius 2 is 2.40 bits per heavy atom. The van der Waals surface area contributed by atoms with Crippen LogP contribution in [0.4, 0.5) is 0 Å². The summed E-state index contributed by atoms with van der Waals surface area (Å²) in [6, 6.07) is 0.327. The molecule has 1 fully saturated rings. The quantitative estimate of drug-likeness (QED) is 0.666. The van der Waals surface area contributed by atoms with E-state index in [2.05, 4.69) is 34.8 Å². The van der Waals surface area contributed by atoms with E-state index < -0.39 is 0 Å². The van der Waals surface area contributed by atoms with Crippen molar-refractivity contribution in [3.05, 3.63) is 11.9 Å². The Kier molecular flexibility index (Phi) is 5.49. The van der Waals surface area contributed by atoms with E-state index in [1.165, 1.54) is 0 Å². The molecule has 1 aromatic heterocycles. The zero-order valence-electron chi connectivity index (χ0n) is 12.1. The molecule has 0 atom stereocenters. The highest BCUT2D eigenvalue weighted by Gasteiger charge is 2.21. The average molecular weight is 281 g/mol. The second-order valence-electron chi connectivity index (χ2n) is 5.47. The second-order valence-corrected chi connectivity index (χ2v) is 5.47. The fourth-order valence-corrected chi connectivity index (χ4v) is 1.81. The smallest absolute Gasteiger partial charge is 0.273 e. The van der Waals surface area contributed by atoms with Gasteiger partial charge in [0.25, 0.3) is 5.91 Å². The van der Waals surface area contributed by atoms with E-state index in [0.29, 0.717) is 30.8 Å². The molecular weight excluding hydrogens is 258 g/mol. The lowest BCUT2D eigenvalue weighted by Gasteiger charge is -2.26. The van der Waals surface area contributed by atoms with E-state index in [1.807, 2.05) is 0 Å². The largest absolute Gasteiger partial charge is 0.381 e. The lowest BCUT2D eigenvalue weighted by Crippen LogP contribution is -2.43. The number of rotatable bonds is 8. The SMILES string of the molecule is CC(C)COCCCNC(=O)c1cn(C2CNC2)nn1. The normalized spacial score (nSPS) is 15.3. The highest BCUT2D eigenvalue weighted by molar-refractivity contribution is 5.91. The first-order valence-electron chi connectivity index (χ1n) is 7.15. The maximum absolute atomic E-state index is 11.8. The number of ether oxygens (including phenoxy) is 1. The molecular formula is C13H23N5O2. The van der Waals surface area contributed by atoms with Gasteiger partial charge in [-0.1, -0.05) is 19.1 Å². The Labute approximate surface area is 119 Å². The molecule has 7 nitrogen and oxygen atoms in total. The molecule has 1 saturated heterocycles. The monoisotopic (exact) mass is 281 g/mol. The first kappa shape index (κ1) is 14.9. The summed E-state index contributed by atoms with van der Waals surface area (Å²) in [5.74, 6) is 0.369. The third-order valence-corrected chi connectivity index (χ3v) is 3.08. The Balaban J connectivity index is 1.63. The number of hydrogen-bond acceptors (Lipinski definition) is 5. The lowest BCUT2D eigenvalue weighted by atomic mass is 10.2. The molecule has 1 aliphatic rings. The van der Waals surface area contributed by atoms with Gasteiger partial charge in [-0.05, 0) is 12.3 Å². The molecule has 0 aliphatic carbocycles. The van der Waals surface area contributed by atoms with Crippen LogP contribution < -0.4 is 10.6 Å². The molecule has 0 radical (unpaired) electrons. The van der Waals surface area contributed by atoms with Crippen LogP contribution in [0.1, 0.15) is 36.8 Å². The van der Waals surface area contributed by atoms with Crippen molar-refractivity contribution in [2.75, 3.05) is 32.8 Å². The van der Waals surface area contributed by atoms with E-state index in [4.69, 9.17) is 4.74 Å². The Morgan fingerprint density at radius 3 is 3.05 bits per heavy atom. The molecule has 7 heteroatoms. The summed E-state index contributed by atoms with van der Waals surface area (Å²) in [4.78, 5) is 11.8. The van der Waals surface area contributed by atoms with Gasteiger partial charge in [-0.15, -0.1) is 5.10 Å². The van der Waals surface area contributed by atoms with Gasteiger partial charge in [0.2, 0.25) is 0 Å². The number of nitrogens with one attached hydrogen (secondary N) is 2. The van der Waals surface area contributed by atoms with Gasteiger partial charge in [0.05, 0.1) is 12.2 Å². The van der Waals surface area contributed by atoms with Crippen molar-refractivity contribution in [1.29, 1.82) is 0 Å². The minimum absolute atomic E-state index is 0.174. The molecule has 0 unspecified atom stereocenters. The third kappa shape index (κ3) is 4.28. The van der Waals surface area contributed by atoms with Gasteiger partial charge in [0, 0.05) is 32.8 Å². The molecule has 0 bridgehead atoms. The maximum atomic E-state index is 11.8. The Hall–Kier alpha value is -1.47. The first-order chi connectivity index (χ1) is 9.66. The molecule has 0 saturated carbocycles. The van der Waals surface area contributed by atoms with Gasteiger partial charge < -0.3 is 15.4 Å². The number of carbonyl (C=O) groups is 1. The fraction of sp³-hybridized carbons (Fsp3) is 0.769. The van der Waals surface area contributed by atoms with Crippen molar-refractivity contribution in [2.45, 2.75) is 26.3 Å². The molecule has 1 aromatic rings. The number of carbonyl (C=O) groups excluding carboxylic acids is 1. The predicted molar refractivity (Wildman–Crippen MR) is 74.5 cm³/mol. The van der Waals surface area contributed by atoms with Crippen molar-refractivity contribution >= 4 is 5.91 Å². The summed E-state index contributed by atoms with van der Waals surface area (Å²) in [6.07, 6.45) is 2.51. The van der Waals surface area contributed by atoms with Gasteiger partial charge in [-0.2, -0.15) is 0 Å². The number of aromatic nitrogens is 3. The summed E-state index contributed by atoms with van der Waals surface area (Å²) in [5, 5.41) is 13.9. The zero-order valence-corrected chi connectivity index (χ0v) is 12.1. The van der Waals surface area contributed by atoms with E-state index in [9.17, 15) is 4.79 Å². The van der Waals surface area contributed by atoms with E-state index in [-0.39, 0.29) is 5.91 Å². The molecule has 2 N–H and O–H groups in total. The lowest BCUT2D eigenvalue weighted by molar-refractivity contribution is 0.0920. The van der Waals surface area contributed by atoms with Crippen molar-refractivity contribution < 1.29 is 9.53 Å². The predicted octanol–water partition coefficient (Wildman–Crippen LogP) is 0.215. The van der Waals surface area contributed by atoms with Crippen molar-refractivity contribution in [1.82, 2.24) is 25.6 Å². The Bertz CT molecular complexity index is 428. The second kappa shape index (κ2) is 7.35. The minimum Gasteiger partial charge on any atom is -0.381 e. The van der Waals surface area contributed by atoms with Crippen molar-refractivity contribution in [3.63, 3.8) is 0 Å². The molecule has 0 aromatic carbocycles. The van der Waals surface area contributed by atoms with E-state index in [0.717, 1.165) is 26.1 Å². The molecule has 20 heavy (non-hydrogen) atoms. The van der Waals surface area contributed by atoms with E-state index >= 15 is 0 Å². The standard InChI is InChI=1S/C13H23N5O2/c1-10(2)9-20-5-3-4-15-13(19)12-8-18(17-16-12)11-6-14-7-11/h8,10-11,14H,3-7,9H2,1-2H3,(H,15,19). The fourth-order valence-electron chi connectivity index (χ4n) is 1.81. The van der Waals surface area contributed by atoms with Crippen LogP contribution in [-0.4, -0.2) is 53.7 Å². The molecule has 1 aliphatic heterocycles. The first-order valence-corrected chi connectivity index (χ1v) is 7.15. The van der Waals surface area contributed by atoms with Crippen LogP contribution in [0.3, 0.4) is 0 Å². The third-order valence-electron chi connectivity index (χ3n) is 3.08. The minimum atomic E-state index is -0.174. The van der Waals surface area contributed by atoms with E-state index in [1.54, 1.807) is 10.9 Å². The summed E-state index contributed by atoms with van der Waals surface area (Å²) in [6.45, 7) is 8.02. The topological polar surface area (TPSA) is 81.1 Å². The molecule has 0 spiro atoms. The maximum Gasteiger partial charge on any atom is 0.273 e. The average Bonchev–Trinajstić information content (AvgIpc) is 2.80. The van der Waals surface area contributed by atoms with Crippen molar-refractivity contribution in [2.24, 2.45) is 5.92 Å². The molecule has 112 valence electrons. The van der Waals surface area contributed by atoms with Gasteiger partial charge in [0.1, 0.15) is 0 Å². The zero-order chi connectivity index (χ0) is 14.4. The van der Waals surface area contributed by atoms with Crippen LogP contribution in [-0.2, 0) is 4.74 Å². The van der Waals surface area contributed by atoms with Crippen molar-refractivity contribution in [3.8, 4) is 0 Å². The van der Waals surface area contributed by atoms with Gasteiger partial charge in [-0.3, -0.25) is 4.79 Å². The van der Waals surface area contributed by atoms with Gasteiger partial charge in [-0.25, -0.2) is 4.68 Å².